The van der Waals surface area contributed by atoms with E-state index >= 15 is 0 Å². The Bertz CT molecular complexity index is 1630. The number of amides is 3. The molecule has 3 aliphatic heterocycles. The van der Waals surface area contributed by atoms with Crippen LogP contribution in [-0.2, 0) is 14.4 Å². The highest BCUT2D eigenvalue weighted by molar-refractivity contribution is 6.25. The van der Waals surface area contributed by atoms with Crippen LogP contribution in [0.4, 0.5) is 5.69 Å². The first-order valence-electron chi connectivity index (χ1n) is 14.3. The van der Waals surface area contributed by atoms with E-state index in [9.17, 15) is 14.4 Å². The van der Waals surface area contributed by atoms with Gasteiger partial charge < -0.3 is 0 Å². The molecular formula is C33H30N6O3. The minimum absolute atomic E-state index is 0.0553. The lowest BCUT2D eigenvalue weighted by Crippen LogP contribution is -2.45. The van der Waals surface area contributed by atoms with Gasteiger partial charge in [-0.1, -0.05) is 83.6 Å². The molecule has 0 radical (unpaired) electrons. The van der Waals surface area contributed by atoms with Crippen molar-refractivity contribution in [2.24, 2.45) is 21.4 Å². The average Bonchev–Trinajstić information content (AvgIpc) is 3.68. The first-order valence-corrected chi connectivity index (χ1v) is 14.3. The number of benzene rings is 3. The van der Waals surface area contributed by atoms with E-state index in [1.54, 1.807) is 17.1 Å². The van der Waals surface area contributed by atoms with Crippen molar-refractivity contribution in [1.82, 2.24) is 10.0 Å². The number of aryl methyl sites for hydroxylation is 1. The Morgan fingerprint density at radius 3 is 2.36 bits per heavy atom. The van der Waals surface area contributed by atoms with E-state index in [0.717, 1.165) is 52.1 Å². The third-order valence-electron chi connectivity index (χ3n) is 8.49. The van der Waals surface area contributed by atoms with Crippen molar-refractivity contribution in [1.29, 1.82) is 0 Å². The lowest BCUT2D eigenvalue weighted by atomic mass is 9.77. The molecule has 4 unspecified atom stereocenters. The van der Waals surface area contributed by atoms with Gasteiger partial charge in [-0.05, 0) is 61.1 Å². The highest BCUT2D eigenvalue weighted by Crippen LogP contribution is 2.44. The van der Waals surface area contributed by atoms with Crippen LogP contribution in [0, 0.1) is 12.8 Å². The molecule has 2 fully saturated rings. The average molecular weight is 559 g/mol. The molecule has 3 aromatic rings. The molecule has 9 nitrogen and oxygen atoms in total. The number of fused-ring (bicyclic) bond motifs is 2. The van der Waals surface area contributed by atoms with E-state index in [0.29, 0.717) is 5.69 Å². The van der Waals surface area contributed by atoms with E-state index < -0.39 is 23.9 Å². The van der Waals surface area contributed by atoms with Crippen molar-refractivity contribution in [3.8, 4) is 0 Å². The second-order valence-electron chi connectivity index (χ2n) is 11.2. The largest absolute Gasteiger partial charge is 0.271 e. The predicted octanol–water partition coefficient (Wildman–Crippen LogP) is 5.11. The Balaban J connectivity index is 1.18. The summed E-state index contributed by atoms with van der Waals surface area (Å²) < 4.78 is 0. The zero-order valence-electron chi connectivity index (χ0n) is 23.2. The summed E-state index contributed by atoms with van der Waals surface area (Å²) >= 11 is 0. The quantitative estimate of drug-likeness (QED) is 0.407. The molecule has 4 atom stereocenters. The maximum Gasteiger partial charge on any atom is 0.264 e. The van der Waals surface area contributed by atoms with Crippen molar-refractivity contribution in [3.05, 3.63) is 107 Å². The maximum absolute atomic E-state index is 14.0. The normalized spacial score (nSPS) is 25.7. The van der Waals surface area contributed by atoms with Crippen molar-refractivity contribution in [2.75, 3.05) is 11.4 Å². The van der Waals surface area contributed by atoms with Gasteiger partial charge in [0.1, 0.15) is 6.54 Å². The van der Waals surface area contributed by atoms with Crippen LogP contribution in [0.2, 0.25) is 0 Å². The van der Waals surface area contributed by atoms with Gasteiger partial charge in [0.05, 0.1) is 17.4 Å². The summed E-state index contributed by atoms with van der Waals surface area (Å²) in [5.41, 5.74) is 5.69. The lowest BCUT2D eigenvalue weighted by molar-refractivity contribution is -0.136. The molecule has 4 aliphatic rings. The van der Waals surface area contributed by atoms with Crippen LogP contribution < -0.4 is 4.90 Å². The molecular weight excluding hydrogens is 528 g/mol. The van der Waals surface area contributed by atoms with Crippen LogP contribution >= 0.6 is 0 Å². The molecule has 1 saturated carbocycles. The smallest absolute Gasteiger partial charge is 0.264 e. The minimum atomic E-state index is -0.968. The molecule has 1 aliphatic carbocycles. The summed E-state index contributed by atoms with van der Waals surface area (Å²) in [6.07, 6.45) is 4.98. The fourth-order valence-electron chi connectivity index (χ4n) is 6.45. The van der Waals surface area contributed by atoms with Gasteiger partial charge in [0, 0.05) is 5.92 Å². The molecule has 0 N–H and O–H groups in total. The van der Waals surface area contributed by atoms with Crippen molar-refractivity contribution in [2.45, 2.75) is 44.3 Å². The second-order valence-corrected chi connectivity index (χ2v) is 11.2. The summed E-state index contributed by atoms with van der Waals surface area (Å²) in [5, 5.41) is 16.1. The van der Waals surface area contributed by atoms with Gasteiger partial charge in [-0.25, -0.2) is 9.91 Å². The summed E-state index contributed by atoms with van der Waals surface area (Å²) in [6.45, 7) is 1.73. The Kier molecular flexibility index (Phi) is 6.49. The van der Waals surface area contributed by atoms with E-state index in [1.165, 1.54) is 5.01 Å². The second kappa shape index (κ2) is 10.5. The molecule has 0 bridgehead atoms. The molecule has 0 spiro atoms. The molecule has 9 heteroatoms. The summed E-state index contributed by atoms with van der Waals surface area (Å²) in [4.78, 5) is 41.8. The van der Waals surface area contributed by atoms with Gasteiger partial charge in [-0.2, -0.15) is 10.2 Å². The molecule has 3 aromatic carbocycles. The maximum atomic E-state index is 14.0. The number of hydrogen-bond donors (Lipinski definition) is 0. The highest BCUT2D eigenvalue weighted by Gasteiger charge is 2.55. The van der Waals surface area contributed by atoms with Crippen LogP contribution in [0.25, 0.3) is 6.08 Å². The third kappa shape index (κ3) is 4.41. The Hall–Kier alpha value is -4.92. The first kappa shape index (κ1) is 26.0. The molecule has 3 amide bonds. The third-order valence-corrected chi connectivity index (χ3v) is 8.49. The van der Waals surface area contributed by atoms with Crippen LogP contribution in [0.5, 0.6) is 0 Å². The standard InChI is InChI=1S/C33H30N6O3/c1-21-15-17-25(18-16-21)38-32(41)29-31(33(38)42)37(36-34-29)20-27(40)39-30(23-11-6-3-7-12-23)26-14-8-13-24(28(26)35-39)19-22-9-4-2-5-10-22/h2-7,9-12,15-19,26,29-31H,8,13-14,20H2,1H3. The van der Waals surface area contributed by atoms with Crippen LogP contribution in [0.15, 0.2) is 106 Å². The van der Waals surface area contributed by atoms with E-state index in [4.69, 9.17) is 5.10 Å². The minimum Gasteiger partial charge on any atom is -0.271 e. The number of anilines is 1. The van der Waals surface area contributed by atoms with Gasteiger partial charge >= 0.3 is 0 Å². The van der Waals surface area contributed by atoms with Crippen LogP contribution in [-0.4, -0.2) is 52.1 Å². The van der Waals surface area contributed by atoms with E-state index in [2.05, 4.69) is 28.5 Å². The monoisotopic (exact) mass is 558 g/mol. The topological polar surface area (TPSA) is 98.0 Å². The first-order chi connectivity index (χ1) is 20.5. The van der Waals surface area contributed by atoms with Crippen LogP contribution in [0.1, 0.15) is 42.0 Å². The molecule has 0 aromatic heterocycles. The van der Waals surface area contributed by atoms with Crippen molar-refractivity contribution in [3.63, 3.8) is 0 Å². The van der Waals surface area contributed by atoms with Gasteiger partial charge in [0.15, 0.2) is 12.1 Å². The SMILES string of the molecule is Cc1ccc(N2C(=O)C3N=NN(CC(=O)N4N=C5C(=Cc6ccccc6)CCCC5C4c4ccccc4)C3C2=O)cc1. The Labute approximate surface area is 243 Å². The summed E-state index contributed by atoms with van der Waals surface area (Å²) in [6, 6.07) is 25.1. The zero-order chi connectivity index (χ0) is 28.8. The summed E-state index contributed by atoms with van der Waals surface area (Å²) in [7, 11) is 0. The van der Waals surface area contributed by atoms with Gasteiger partial charge in [0.2, 0.25) is 0 Å². The number of carbonyl (C=O) groups excluding carboxylic acids is 3. The van der Waals surface area contributed by atoms with E-state index in [-0.39, 0.29) is 24.4 Å². The molecule has 3 heterocycles. The molecule has 1 saturated heterocycles. The highest BCUT2D eigenvalue weighted by atomic mass is 16.2. The predicted molar refractivity (Wildman–Crippen MR) is 158 cm³/mol. The number of carbonyl (C=O) groups is 3. The number of imide groups is 1. The number of nitrogens with zero attached hydrogens (tertiary/aromatic N) is 6. The molecule has 42 heavy (non-hydrogen) atoms. The fraction of sp³-hybridized carbons (Fsp3) is 0.273. The summed E-state index contributed by atoms with van der Waals surface area (Å²) in [5.74, 6) is -1.10. The van der Waals surface area contributed by atoms with Crippen molar-refractivity contribution >= 4 is 35.2 Å². The fourth-order valence-corrected chi connectivity index (χ4v) is 6.45. The van der Waals surface area contributed by atoms with E-state index in [1.807, 2.05) is 67.6 Å². The number of allylic oxidation sites excluding steroid dienone is 1. The molecule has 7 rings (SSSR count). The Morgan fingerprint density at radius 1 is 0.905 bits per heavy atom. The Morgan fingerprint density at radius 2 is 1.62 bits per heavy atom. The van der Waals surface area contributed by atoms with Crippen LogP contribution in [0.3, 0.4) is 0 Å². The van der Waals surface area contributed by atoms with Gasteiger partial charge in [-0.15, -0.1) is 0 Å². The number of rotatable bonds is 5. The van der Waals surface area contributed by atoms with Crippen molar-refractivity contribution < 1.29 is 14.4 Å². The van der Waals surface area contributed by atoms with Gasteiger partial charge in [0.25, 0.3) is 17.7 Å². The van der Waals surface area contributed by atoms with Gasteiger partial charge in [-0.3, -0.25) is 19.4 Å². The number of hydrogen-bond acceptors (Lipinski definition) is 7. The zero-order valence-corrected chi connectivity index (χ0v) is 23.2. The number of hydrazone groups is 1. The lowest BCUT2D eigenvalue weighted by Gasteiger charge is -2.30. The molecule has 210 valence electrons.